The molecule has 0 aromatic carbocycles. The van der Waals surface area contributed by atoms with Crippen LogP contribution in [0.5, 0.6) is 0 Å². The molecule has 0 aromatic rings. The maximum Gasteiger partial charge on any atom is 1.00 e. The number of hydrogen-bond donors (Lipinski definition) is 0. The number of esters is 1. The summed E-state index contributed by atoms with van der Waals surface area (Å²) in [6.07, 6.45) is 20.4. The van der Waals surface area contributed by atoms with Crippen LogP contribution >= 0.6 is 19.6 Å². The van der Waals surface area contributed by atoms with Crippen molar-refractivity contribution < 1.29 is 97.1 Å². The molecule has 39 heavy (non-hydrogen) atoms. The fourth-order valence-electron chi connectivity index (χ4n) is 4.01. The Bertz CT molecular complexity index is 584. The van der Waals surface area contributed by atoms with E-state index < -0.39 is 20.5 Å². The third-order valence-corrected chi connectivity index (χ3v) is 7.77. The summed E-state index contributed by atoms with van der Waals surface area (Å²) in [4.78, 5) is 44.0. The molecule has 0 amide bonds. The molecule has 0 saturated heterocycles. The minimum atomic E-state index is -5.11. The van der Waals surface area contributed by atoms with Crippen molar-refractivity contribution in [3.8, 4) is 0 Å². The van der Waals surface area contributed by atoms with E-state index in [1.54, 1.807) is 11.8 Å². The zero-order valence-electron chi connectivity index (χ0n) is 25.0. The molecule has 0 radical (unpaired) electrons. The number of rotatable bonds is 29. The van der Waals surface area contributed by atoms with Crippen molar-refractivity contribution in [1.82, 2.24) is 0 Å². The van der Waals surface area contributed by atoms with Gasteiger partial charge in [0, 0.05) is 12.2 Å². The van der Waals surface area contributed by atoms with Crippen LogP contribution in [0.25, 0.3) is 0 Å². The molecule has 12 heteroatoms. The van der Waals surface area contributed by atoms with E-state index in [0.29, 0.717) is 25.3 Å². The third kappa shape index (κ3) is 37.4. The van der Waals surface area contributed by atoms with Gasteiger partial charge in [-0.25, -0.2) is 0 Å². The first-order chi connectivity index (χ1) is 17.9. The van der Waals surface area contributed by atoms with Crippen LogP contribution in [-0.2, 0) is 28.2 Å². The second kappa shape index (κ2) is 33.9. The van der Waals surface area contributed by atoms with Crippen molar-refractivity contribution >= 4 is 32.0 Å². The quantitative estimate of drug-likeness (QED) is 0.0380. The number of phosphoric ester groups is 1. The first kappa shape index (κ1) is 44.8. The normalized spacial score (nSPS) is 11.8. The molecular formula is C27H51Na2O8PS. The Morgan fingerprint density at radius 1 is 0.795 bits per heavy atom. The van der Waals surface area contributed by atoms with Gasteiger partial charge < -0.3 is 28.3 Å². The van der Waals surface area contributed by atoms with E-state index in [0.717, 1.165) is 57.1 Å². The average molecular weight is 613 g/mol. The molecule has 0 aliphatic heterocycles. The Labute approximate surface area is 286 Å². The van der Waals surface area contributed by atoms with Gasteiger partial charge in [0.1, 0.15) is 6.10 Å². The Balaban J connectivity index is -0.00000648. The number of ether oxygens (including phenoxy) is 2. The molecule has 0 unspecified atom stereocenters. The van der Waals surface area contributed by atoms with Crippen molar-refractivity contribution in [2.45, 2.75) is 135 Å². The first-order valence-electron chi connectivity index (χ1n) is 14.4. The first-order valence-corrected chi connectivity index (χ1v) is 17.0. The van der Waals surface area contributed by atoms with Crippen LogP contribution in [-0.4, -0.2) is 43.3 Å². The van der Waals surface area contributed by atoms with Crippen LogP contribution in [0, 0.1) is 0 Å². The standard InChI is InChI=1S/C27H53O8PS.2Na/c1-2-3-4-5-6-7-8-9-10-11-12-14-17-20-27(29)35-26(23-34-36(30,31)32)24-37-22-19-16-13-15-18-21-33-25-28;;/h25-26H,2-24H2,1H3,(H2,30,31,32);;/q;2*+1/p-2/t26-;;/m1../s1. The maximum absolute atomic E-state index is 12.2. The number of carbonyl (C=O) groups is 2. The Kier molecular flexibility index (Phi) is 39.0. The molecule has 0 aliphatic rings. The molecule has 0 aliphatic carbocycles. The van der Waals surface area contributed by atoms with Gasteiger partial charge in [-0.1, -0.05) is 103 Å². The topological polar surface area (TPSA) is 125 Å². The van der Waals surface area contributed by atoms with E-state index in [1.165, 1.54) is 64.2 Å². The molecule has 0 fully saturated rings. The van der Waals surface area contributed by atoms with Crippen LogP contribution in [0.4, 0.5) is 0 Å². The number of phosphoric acid groups is 1. The smallest absolute Gasteiger partial charge is 0.790 e. The summed E-state index contributed by atoms with van der Waals surface area (Å²) in [5.41, 5.74) is 0. The van der Waals surface area contributed by atoms with Crippen LogP contribution in [0.2, 0.25) is 0 Å². The summed E-state index contributed by atoms with van der Waals surface area (Å²) < 4.78 is 25.3. The van der Waals surface area contributed by atoms with E-state index in [9.17, 15) is 23.9 Å². The zero-order chi connectivity index (χ0) is 27.5. The van der Waals surface area contributed by atoms with Crippen LogP contribution < -0.4 is 68.9 Å². The summed E-state index contributed by atoms with van der Waals surface area (Å²) in [7, 11) is -5.11. The summed E-state index contributed by atoms with van der Waals surface area (Å²) in [5.74, 6) is 0.850. The Morgan fingerprint density at radius 3 is 1.79 bits per heavy atom. The Hall–Kier alpha value is 1.40. The number of hydrogen-bond acceptors (Lipinski definition) is 9. The summed E-state index contributed by atoms with van der Waals surface area (Å²) in [6, 6.07) is 0. The van der Waals surface area contributed by atoms with Crippen molar-refractivity contribution in [2.75, 3.05) is 24.7 Å². The molecule has 0 spiro atoms. The van der Waals surface area contributed by atoms with Crippen LogP contribution in [0.15, 0.2) is 0 Å². The molecule has 0 N–H and O–H groups in total. The van der Waals surface area contributed by atoms with Crippen LogP contribution in [0.3, 0.4) is 0 Å². The van der Waals surface area contributed by atoms with Gasteiger partial charge in [-0.2, -0.15) is 11.8 Å². The predicted molar refractivity (Wildman–Crippen MR) is 146 cm³/mol. The van der Waals surface area contributed by atoms with Crippen LogP contribution in [0.1, 0.15) is 129 Å². The summed E-state index contributed by atoms with van der Waals surface area (Å²) in [6.45, 7) is 2.72. The molecule has 0 rings (SSSR count). The van der Waals surface area contributed by atoms with Crippen molar-refractivity contribution in [2.24, 2.45) is 0 Å². The second-order valence-electron chi connectivity index (χ2n) is 9.66. The predicted octanol–water partition coefficient (Wildman–Crippen LogP) is 0.0895. The van der Waals surface area contributed by atoms with Gasteiger partial charge in [0.2, 0.25) is 0 Å². The van der Waals surface area contributed by atoms with E-state index in [-0.39, 0.29) is 65.1 Å². The molecule has 220 valence electrons. The number of carbonyl (C=O) groups excluding carboxylic acids is 2. The largest absolute Gasteiger partial charge is 1.00 e. The van der Waals surface area contributed by atoms with Gasteiger partial charge in [-0.05, 0) is 25.0 Å². The minimum Gasteiger partial charge on any atom is -0.790 e. The summed E-state index contributed by atoms with van der Waals surface area (Å²) in [5, 5.41) is 0. The van der Waals surface area contributed by atoms with Crippen molar-refractivity contribution in [1.29, 1.82) is 0 Å². The molecule has 8 nitrogen and oxygen atoms in total. The van der Waals surface area contributed by atoms with E-state index in [4.69, 9.17) is 4.74 Å². The zero-order valence-corrected chi connectivity index (χ0v) is 30.8. The molecular weight excluding hydrogens is 561 g/mol. The van der Waals surface area contributed by atoms with Crippen molar-refractivity contribution in [3.63, 3.8) is 0 Å². The average Bonchev–Trinajstić information content (AvgIpc) is 2.85. The second-order valence-corrected chi connectivity index (χ2v) is 12.0. The van der Waals surface area contributed by atoms with Gasteiger partial charge in [-0.15, -0.1) is 0 Å². The molecule has 0 saturated carbocycles. The number of unbranched alkanes of at least 4 members (excludes halogenated alkanes) is 16. The molecule has 0 aromatic heterocycles. The Morgan fingerprint density at radius 2 is 1.28 bits per heavy atom. The third-order valence-electron chi connectivity index (χ3n) is 6.12. The van der Waals surface area contributed by atoms with E-state index in [1.807, 2.05) is 0 Å². The fourth-order valence-corrected chi connectivity index (χ4v) is 5.36. The molecule has 0 heterocycles. The van der Waals surface area contributed by atoms with Crippen molar-refractivity contribution in [3.05, 3.63) is 0 Å². The van der Waals surface area contributed by atoms with Gasteiger partial charge in [0.25, 0.3) is 6.47 Å². The van der Waals surface area contributed by atoms with E-state index >= 15 is 0 Å². The molecule has 1 atom stereocenters. The van der Waals surface area contributed by atoms with E-state index in [2.05, 4.69) is 16.2 Å². The minimum absolute atomic E-state index is 0. The SMILES string of the molecule is CCCCCCCCCCCCCCCC(=O)O[C@H](COP(=O)([O-])[O-])CSCCCCCCCOC=O.[Na+].[Na+]. The maximum atomic E-state index is 12.2. The van der Waals surface area contributed by atoms with Gasteiger partial charge in [0.15, 0.2) is 0 Å². The monoisotopic (exact) mass is 612 g/mol. The van der Waals surface area contributed by atoms with Gasteiger partial charge >= 0.3 is 65.1 Å². The summed E-state index contributed by atoms with van der Waals surface area (Å²) >= 11 is 1.55. The number of thioether (sulfide) groups is 1. The van der Waals surface area contributed by atoms with Gasteiger partial charge in [0.05, 0.1) is 21.0 Å². The molecule has 0 bridgehead atoms. The van der Waals surface area contributed by atoms with Gasteiger partial charge in [-0.3, -0.25) is 9.59 Å². The fraction of sp³-hybridized carbons (Fsp3) is 0.926.